The Hall–Kier alpha value is -3.61. The van der Waals surface area contributed by atoms with Crippen molar-refractivity contribution in [3.63, 3.8) is 0 Å². The van der Waals surface area contributed by atoms with Gasteiger partial charge >= 0.3 is 0 Å². The Morgan fingerprint density at radius 1 is 1.03 bits per heavy atom. The van der Waals surface area contributed by atoms with Crippen LogP contribution in [0.1, 0.15) is 26.3 Å². The number of rotatable bonds is 3. The molecule has 3 aromatic rings. The molecule has 0 atom stereocenters. The van der Waals surface area contributed by atoms with Gasteiger partial charge in [-0.05, 0) is 42.3 Å². The highest BCUT2D eigenvalue weighted by Crippen LogP contribution is 2.34. The number of anilines is 3. The summed E-state index contributed by atoms with van der Waals surface area (Å²) in [6, 6.07) is 17.0. The first-order chi connectivity index (χ1) is 14.1. The number of carbonyl (C=O) groups excluding carboxylic acids is 2. The van der Waals surface area contributed by atoms with E-state index in [1.54, 1.807) is 17.0 Å². The lowest BCUT2D eigenvalue weighted by atomic mass is 9.98. The van der Waals surface area contributed by atoms with Crippen LogP contribution in [0.2, 0.25) is 0 Å². The molecular formula is C22H21N5O2. The molecule has 0 spiro atoms. The van der Waals surface area contributed by atoms with Gasteiger partial charge in [0.2, 0.25) is 0 Å². The Kier molecular flexibility index (Phi) is 4.08. The molecule has 29 heavy (non-hydrogen) atoms. The minimum atomic E-state index is -0.176. The van der Waals surface area contributed by atoms with Gasteiger partial charge in [0.05, 0.1) is 6.54 Å². The summed E-state index contributed by atoms with van der Waals surface area (Å²) in [5.41, 5.74) is 3.51. The molecule has 0 saturated heterocycles. The zero-order valence-electron chi connectivity index (χ0n) is 16.1. The van der Waals surface area contributed by atoms with E-state index >= 15 is 0 Å². The van der Waals surface area contributed by atoms with Crippen molar-refractivity contribution in [1.82, 2.24) is 14.7 Å². The quantitative estimate of drug-likeness (QED) is 0.750. The maximum absolute atomic E-state index is 12.4. The second kappa shape index (κ2) is 6.77. The van der Waals surface area contributed by atoms with Crippen LogP contribution in [0, 0.1) is 0 Å². The fourth-order valence-electron chi connectivity index (χ4n) is 3.96. The predicted octanol–water partition coefficient (Wildman–Crippen LogP) is 2.92. The molecule has 0 radical (unpaired) electrons. The Morgan fingerprint density at radius 3 is 2.69 bits per heavy atom. The first-order valence-corrected chi connectivity index (χ1v) is 9.70. The molecule has 1 N–H and O–H groups in total. The Labute approximate surface area is 168 Å². The summed E-state index contributed by atoms with van der Waals surface area (Å²) in [4.78, 5) is 28.7. The number of nitrogens with zero attached hydrogens (tertiary/aromatic N) is 4. The Morgan fingerprint density at radius 2 is 1.86 bits per heavy atom. The van der Waals surface area contributed by atoms with Crippen molar-refractivity contribution >= 4 is 29.1 Å². The second-order valence-corrected chi connectivity index (χ2v) is 7.40. The molecule has 2 aliphatic heterocycles. The number of amides is 2. The highest BCUT2D eigenvalue weighted by molar-refractivity contribution is 6.04. The summed E-state index contributed by atoms with van der Waals surface area (Å²) in [6.45, 7) is 2.29. The van der Waals surface area contributed by atoms with Crippen LogP contribution >= 0.6 is 0 Å². The third-order valence-electron chi connectivity index (χ3n) is 5.54. The Balaban J connectivity index is 1.39. The predicted molar refractivity (Wildman–Crippen MR) is 111 cm³/mol. The first kappa shape index (κ1) is 17.5. The SMILES string of the molecule is CN1CCc2cc(N3CCn4nc(NC(=O)c5ccccc5)cc43)ccc2C1=O. The van der Waals surface area contributed by atoms with E-state index in [4.69, 9.17) is 0 Å². The van der Waals surface area contributed by atoms with Crippen molar-refractivity contribution in [3.05, 3.63) is 71.3 Å². The van der Waals surface area contributed by atoms with Gasteiger partial charge in [0, 0.05) is 43.0 Å². The minimum Gasteiger partial charge on any atom is -0.341 e. The second-order valence-electron chi connectivity index (χ2n) is 7.40. The lowest BCUT2D eigenvalue weighted by Crippen LogP contribution is -2.34. The van der Waals surface area contributed by atoms with Crippen LogP contribution in [0.25, 0.3) is 0 Å². The van der Waals surface area contributed by atoms with Gasteiger partial charge in [-0.2, -0.15) is 5.10 Å². The van der Waals surface area contributed by atoms with Crippen molar-refractivity contribution in [2.45, 2.75) is 13.0 Å². The smallest absolute Gasteiger partial charge is 0.256 e. The standard InChI is InChI=1S/C22H21N5O2/c1-25-10-9-16-13-17(7-8-18(16)22(25)29)26-11-12-27-20(26)14-19(24-27)23-21(28)15-5-3-2-4-6-15/h2-8,13-14H,9-12H2,1H3,(H,23,24,28). The normalized spacial score (nSPS) is 15.3. The molecule has 7 heteroatoms. The number of carbonyl (C=O) groups is 2. The molecule has 2 aliphatic rings. The molecule has 7 nitrogen and oxygen atoms in total. The van der Waals surface area contributed by atoms with Crippen LogP contribution < -0.4 is 10.2 Å². The van der Waals surface area contributed by atoms with E-state index in [0.717, 1.165) is 48.7 Å². The highest BCUT2D eigenvalue weighted by atomic mass is 16.2. The zero-order chi connectivity index (χ0) is 20.0. The van der Waals surface area contributed by atoms with Crippen molar-refractivity contribution < 1.29 is 9.59 Å². The van der Waals surface area contributed by atoms with Gasteiger partial charge in [-0.15, -0.1) is 0 Å². The molecule has 2 aromatic carbocycles. The Bertz CT molecular complexity index is 1110. The van der Waals surface area contributed by atoms with Crippen molar-refractivity contribution in [2.75, 3.05) is 30.4 Å². The van der Waals surface area contributed by atoms with Crippen molar-refractivity contribution in [1.29, 1.82) is 0 Å². The van der Waals surface area contributed by atoms with Gasteiger partial charge in [0.25, 0.3) is 11.8 Å². The zero-order valence-corrected chi connectivity index (χ0v) is 16.1. The van der Waals surface area contributed by atoms with Crippen LogP contribution in [-0.2, 0) is 13.0 Å². The van der Waals surface area contributed by atoms with Crippen LogP contribution in [-0.4, -0.2) is 46.6 Å². The van der Waals surface area contributed by atoms with Gasteiger partial charge in [-0.1, -0.05) is 18.2 Å². The maximum Gasteiger partial charge on any atom is 0.256 e. The van der Waals surface area contributed by atoms with Gasteiger partial charge in [-0.3, -0.25) is 9.59 Å². The fraction of sp³-hybridized carbons (Fsp3) is 0.227. The molecule has 5 rings (SSSR count). The number of benzene rings is 2. The first-order valence-electron chi connectivity index (χ1n) is 9.70. The number of likely N-dealkylation sites (N-methyl/N-ethyl adjacent to an activating group) is 1. The fourth-order valence-corrected chi connectivity index (χ4v) is 3.96. The van der Waals surface area contributed by atoms with Crippen molar-refractivity contribution in [2.24, 2.45) is 0 Å². The minimum absolute atomic E-state index is 0.0789. The maximum atomic E-state index is 12.4. The molecule has 0 saturated carbocycles. The average molecular weight is 387 g/mol. The van der Waals surface area contributed by atoms with Crippen molar-refractivity contribution in [3.8, 4) is 0 Å². The number of hydrogen-bond donors (Lipinski definition) is 1. The molecule has 0 bridgehead atoms. The lowest BCUT2D eigenvalue weighted by molar-refractivity contribution is 0.0780. The van der Waals surface area contributed by atoms with Crippen LogP contribution in [0.4, 0.5) is 17.3 Å². The van der Waals surface area contributed by atoms with Gasteiger partial charge in [0.15, 0.2) is 5.82 Å². The van der Waals surface area contributed by atoms with Gasteiger partial charge in [0.1, 0.15) is 5.82 Å². The monoisotopic (exact) mass is 387 g/mol. The third-order valence-corrected chi connectivity index (χ3v) is 5.54. The van der Waals surface area contributed by atoms with Gasteiger partial charge < -0.3 is 15.1 Å². The summed E-state index contributed by atoms with van der Waals surface area (Å²) in [5, 5.41) is 7.40. The van der Waals surface area contributed by atoms with E-state index in [1.807, 2.05) is 48.1 Å². The largest absolute Gasteiger partial charge is 0.341 e. The lowest BCUT2D eigenvalue weighted by Gasteiger charge is -2.26. The summed E-state index contributed by atoms with van der Waals surface area (Å²) in [5.74, 6) is 1.38. The number of hydrogen-bond acceptors (Lipinski definition) is 4. The van der Waals surface area contributed by atoms with Crippen LogP contribution in [0.5, 0.6) is 0 Å². The van der Waals surface area contributed by atoms with E-state index in [1.165, 1.54) is 0 Å². The summed E-state index contributed by atoms with van der Waals surface area (Å²) in [6.07, 6.45) is 0.858. The topological polar surface area (TPSA) is 70.5 Å². The van der Waals surface area contributed by atoms with E-state index in [-0.39, 0.29) is 11.8 Å². The van der Waals surface area contributed by atoms with Crippen LogP contribution in [0.15, 0.2) is 54.6 Å². The summed E-state index contributed by atoms with van der Waals surface area (Å²) >= 11 is 0. The highest BCUT2D eigenvalue weighted by Gasteiger charge is 2.26. The van der Waals surface area contributed by atoms with E-state index < -0.39 is 0 Å². The number of nitrogens with one attached hydrogen (secondary N) is 1. The summed E-state index contributed by atoms with van der Waals surface area (Å²) in [7, 11) is 1.84. The van der Waals surface area contributed by atoms with Gasteiger partial charge in [-0.25, -0.2) is 4.68 Å². The molecule has 1 aromatic heterocycles. The third kappa shape index (κ3) is 3.04. The molecular weight excluding hydrogens is 366 g/mol. The van der Waals surface area contributed by atoms with Crippen LogP contribution in [0.3, 0.4) is 0 Å². The average Bonchev–Trinajstić information content (AvgIpc) is 3.31. The summed E-state index contributed by atoms with van der Waals surface area (Å²) < 4.78 is 1.90. The van der Waals surface area contributed by atoms with E-state index in [2.05, 4.69) is 21.4 Å². The molecule has 2 amide bonds. The molecule has 0 aliphatic carbocycles. The molecule has 146 valence electrons. The van der Waals surface area contributed by atoms with E-state index in [0.29, 0.717) is 11.4 Å². The number of fused-ring (bicyclic) bond motifs is 2. The van der Waals surface area contributed by atoms with E-state index in [9.17, 15) is 9.59 Å². The molecule has 0 fully saturated rings. The number of aromatic nitrogens is 2. The molecule has 0 unspecified atom stereocenters. The molecule has 3 heterocycles.